The van der Waals surface area contributed by atoms with Crippen LogP contribution in [0.2, 0.25) is 5.02 Å². The van der Waals surface area contributed by atoms with Gasteiger partial charge in [0.25, 0.3) is 0 Å². The third-order valence-corrected chi connectivity index (χ3v) is 5.10. The van der Waals surface area contributed by atoms with Gasteiger partial charge in [0.1, 0.15) is 22.8 Å². The molecule has 0 aliphatic heterocycles. The summed E-state index contributed by atoms with van der Waals surface area (Å²) in [6, 6.07) is 21.9. The van der Waals surface area contributed by atoms with Gasteiger partial charge in [0.15, 0.2) is 5.58 Å². The van der Waals surface area contributed by atoms with Crippen LogP contribution in [-0.2, 0) is 0 Å². The van der Waals surface area contributed by atoms with Crippen LogP contribution in [0.1, 0.15) is 11.3 Å². The molecule has 31 heavy (non-hydrogen) atoms. The summed E-state index contributed by atoms with van der Waals surface area (Å²) in [5.41, 5.74) is 4.54. The fourth-order valence-electron chi connectivity index (χ4n) is 3.26. The van der Waals surface area contributed by atoms with Gasteiger partial charge in [0.2, 0.25) is 5.89 Å². The molecule has 6 heteroatoms. The molecule has 0 aliphatic carbocycles. The third-order valence-electron chi connectivity index (χ3n) is 4.85. The second-order valence-corrected chi connectivity index (χ2v) is 7.60. The van der Waals surface area contributed by atoms with E-state index >= 15 is 0 Å². The Bertz CT molecular complexity index is 1410. The van der Waals surface area contributed by atoms with E-state index in [0.29, 0.717) is 33.5 Å². The highest BCUT2D eigenvalue weighted by atomic mass is 35.5. The molecule has 1 N–H and O–H groups in total. The largest absolute Gasteiger partial charge is 0.507 e. The summed E-state index contributed by atoms with van der Waals surface area (Å²) in [4.78, 5) is 8.97. The summed E-state index contributed by atoms with van der Waals surface area (Å²) in [5.74, 6) is 1.76. The zero-order chi connectivity index (χ0) is 21.4. The molecule has 2 heterocycles. The molecule has 5 aromatic rings. The summed E-state index contributed by atoms with van der Waals surface area (Å²) in [6.07, 6.45) is 1.63. The number of phenols is 1. The van der Waals surface area contributed by atoms with Crippen LogP contribution in [0.5, 0.6) is 5.75 Å². The lowest BCUT2D eigenvalue weighted by Gasteiger charge is -2.01. The quantitative estimate of drug-likeness (QED) is 0.308. The Morgan fingerprint density at radius 2 is 1.77 bits per heavy atom. The topological polar surface area (TPSA) is 71.8 Å². The number of fused-ring (bicyclic) bond motifs is 1. The fourth-order valence-corrected chi connectivity index (χ4v) is 3.38. The second kappa shape index (κ2) is 7.78. The van der Waals surface area contributed by atoms with Crippen molar-refractivity contribution in [1.82, 2.24) is 4.98 Å². The zero-order valence-electron chi connectivity index (χ0n) is 16.5. The molecule has 0 spiro atoms. The van der Waals surface area contributed by atoms with Gasteiger partial charge in [0.05, 0.1) is 17.5 Å². The molecule has 0 saturated heterocycles. The van der Waals surface area contributed by atoms with E-state index in [9.17, 15) is 5.11 Å². The van der Waals surface area contributed by atoms with Crippen LogP contribution in [0.3, 0.4) is 0 Å². The maximum atomic E-state index is 10.3. The summed E-state index contributed by atoms with van der Waals surface area (Å²) < 4.78 is 11.7. The molecule has 0 aliphatic rings. The number of phenolic OH excluding ortho intramolecular Hbond substituents is 1. The Balaban J connectivity index is 1.42. The van der Waals surface area contributed by atoms with Gasteiger partial charge in [-0.2, -0.15) is 0 Å². The van der Waals surface area contributed by atoms with Gasteiger partial charge < -0.3 is 13.9 Å². The number of aromatic nitrogens is 1. The van der Waals surface area contributed by atoms with Crippen molar-refractivity contribution < 1.29 is 13.9 Å². The van der Waals surface area contributed by atoms with Gasteiger partial charge in [-0.25, -0.2) is 4.98 Å². The monoisotopic (exact) mass is 428 g/mol. The van der Waals surface area contributed by atoms with E-state index in [0.717, 1.165) is 22.4 Å². The van der Waals surface area contributed by atoms with Crippen LogP contribution in [0, 0.1) is 6.92 Å². The lowest BCUT2D eigenvalue weighted by atomic mass is 10.2. The first-order valence-electron chi connectivity index (χ1n) is 9.65. The summed E-state index contributed by atoms with van der Waals surface area (Å²) in [7, 11) is 0. The first-order chi connectivity index (χ1) is 15.0. The number of hydrogen-bond acceptors (Lipinski definition) is 5. The van der Waals surface area contributed by atoms with Crippen LogP contribution in [-0.4, -0.2) is 16.3 Å². The summed E-state index contributed by atoms with van der Waals surface area (Å²) in [6.45, 7) is 1.99. The van der Waals surface area contributed by atoms with Crippen LogP contribution in [0.15, 0.2) is 86.6 Å². The number of aromatic hydroxyl groups is 1. The average molecular weight is 429 g/mol. The molecule has 5 nitrogen and oxygen atoms in total. The van der Waals surface area contributed by atoms with Gasteiger partial charge in [-0.3, -0.25) is 4.99 Å². The Kier molecular flexibility index (Phi) is 4.81. The highest BCUT2D eigenvalue weighted by Crippen LogP contribution is 2.34. The first-order valence-corrected chi connectivity index (χ1v) is 10.0. The molecule has 0 fully saturated rings. The van der Waals surface area contributed by atoms with Crippen molar-refractivity contribution >= 4 is 34.6 Å². The van der Waals surface area contributed by atoms with Crippen molar-refractivity contribution in [3.05, 3.63) is 89.1 Å². The Morgan fingerprint density at radius 3 is 2.61 bits per heavy atom. The van der Waals surface area contributed by atoms with E-state index < -0.39 is 0 Å². The average Bonchev–Trinajstić information content (AvgIpc) is 3.40. The summed E-state index contributed by atoms with van der Waals surface area (Å²) >= 11 is 5.94. The molecule has 0 radical (unpaired) electrons. The van der Waals surface area contributed by atoms with Gasteiger partial charge in [-0.1, -0.05) is 17.7 Å². The second-order valence-electron chi connectivity index (χ2n) is 7.16. The van der Waals surface area contributed by atoms with Crippen LogP contribution < -0.4 is 0 Å². The van der Waals surface area contributed by atoms with E-state index in [-0.39, 0.29) is 5.75 Å². The van der Waals surface area contributed by atoms with E-state index in [1.807, 2.05) is 61.5 Å². The lowest BCUT2D eigenvalue weighted by Crippen LogP contribution is -1.80. The van der Waals surface area contributed by atoms with Crippen LogP contribution >= 0.6 is 11.6 Å². The predicted molar refractivity (Wildman–Crippen MR) is 122 cm³/mol. The maximum Gasteiger partial charge on any atom is 0.231 e. The van der Waals surface area contributed by atoms with Crippen molar-refractivity contribution in [3.63, 3.8) is 0 Å². The van der Waals surface area contributed by atoms with Crippen molar-refractivity contribution in [2.24, 2.45) is 4.99 Å². The highest BCUT2D eigenvalue weighted by Gasteiger charge is 2.13. The lowest BCUT2D eigenvalue weighted by molar-refractivity contribution is 0.474. The van der Waals surface area contributed by atoms with Crippen molar-refractivity contribution in [1.29, 1.82) is 0 Å². The van der Waals surface area contributed by atoms with Gasteiger partial charge in [0, 0.05) is 10.6 Å². The van der Waals surface area contributed by atoms with E-state index in [1.165, 1.54) is 0 Å². The maximum absolute atomic E-state index is 10.3. The molecule has 3 aromatic carbocycles. The number of aliphatic imine (C=N–C) groups is 1. The van der Waals surface area contributed by atoms with Crippen LogP contribution in [0.25, 0.3) is 33.9 Å². The van der Waals surface area contributed by atoms with E-state index in [1.54, 1.807) is 24.4 Å². The number of hydrogen-bond donors (Lipinski definition) is 1. The molecule has 0 atom stereocenters. The minimum atomic E-state index is 0.0743. The zero-order valence-corrected chi connectivity index (χ0v) is 17.3. The molecular formula is C25H17ClN2O3. The number of rotatable bonds is 4. The highest BCUT2D eigenvalue weighted by molar-refractivity contribution is 6.30. The number of aryl methyl sites for hydroxylation is 1. The van der Waals surface area contributed by atoms with Gasteiger partial charge in [-0.15, -0.1) is 0 Å². The molecule has 0 saturated carbocycles. The summed E-state index contributed by atoms with van der Waals surface area (Å²) in [5, 5.41) is 11.0. The predicted octanol–water partition coefficient (Wildman–Crippen LogP) is 7.17. The molecule has 5 rings (SSSR count). The van der Waals surface area contributed by atoms with Crippen LogP contribution in [0.4, 0.5) is 5.69 Å². The van der Waals surface area contributed by atoms with Crippen molar-refractivity contribution in [2.75, 3.05) is 0 Å². The molecular weight excluding hydrogens is 412 g/mol. The normalized spacial score (nSPS) is 11.5. The standard InChI is InChI=1S/C25H17ClN2O3/c1-15-2-10-24-21(12-15)28-25(31-24)20-13-18(7-9-22(20)29)27-14-19-8-11-23(30-19)16-3-5-17(26)6-4-16/h2-14,29H,1H3. The smallest absolute Gasteiger partial charge is 0.231 e. The van der Waals surface area contributed by atoms with Gasteiger partial charge >= 0.3 is 0 Å². The third kappa shape index (κ3) is 3.96. The van der Waals surface area contributed by atoms with Gasteiger partial charge in [-0.05, 0) is 79.2 Å². The number of nitrogens with zero attached hydrogens (tertiary/aromatic N) is 2. The SMILES string of the molecule is Cc1ccc2oc(-c3cc(N=Cc4ccc(-c5ccc(Cl)cc5)o4)ccc3O)nc2c1. The molecule has 0 unspecified atom stereocenters. The van der Waals surface area contributed by atoms with E-state index in [2.05, 4.69) is 9.98 Å². The Morgan fingerprint density at radius 1 is 0.935 bits per heavy atom. The Hall–Kier alpha value is -3.83. The molecule has 0 bridgehead atoms. The minimum absolute atomic E-state index is 0.0743. The Labute approximate surface area is 183 Å². The molecule has 0 amide bonds. The fraction of sp³-hybridized carbons (Fsp3) is 0.0400. The van der Waals surface area contributed by atoms with Crippen molar-refractivity contribution in [2.45, 2.75) is 6.92 Å². The number of furan rings is 1. The minimum Gasteiger partial charge on any atom is -0.507 e. The van der Waals surface area contributed by atoms with Crippen molar-refractivity contribution in [3.8, 4) is 28.5 Å². The number of benzene rings is 3. The number of oxazole rings is 1. The molecule has 152 valence electrons. The number of halogens is 1. The first kappa shape index (κ1) is 19.2. The molecule has 2 aromatic heterocycles. The van der Waals surface area contributed by atoms with E-state index in [4.69, 9.17) is 20.4 Å².